The number of nitrogens with two attached hydrogens (primary N) is 1. The molecular formula is C24H27NO8. The van der Waals surface area contributed by atoms with E-state index in [2.05, 4.69) is 0 Å². The molecule has 0 spiro atoms. The third-order valence-electron chi connectivity index (χ3n) is 7.10. The van der Waals surface area contributed by atoms with E-state index in [1.807, 2.05) is 6.92 Å². The maximum atomic E-state index is 13.6. The zero-order valence-corrected chi connectivity index (χ0v) is 18.4. The molecule has 0 aromatic heterocycles. The van der Waals surface area contributed by atoms with Crippen LogP contribution in [0.4, 0.5) is 0 Å². The molecule has 9 nitrogen and oxygen atoms in total. The minimum absolute atomic E-state index is 0.278. The highest BCUT2D eigenvalue weighted by Gasteiger charge is 2.64. The Bertz CT molecular complexity index is 1120. The summed E-state index contributed by atoms with van der Waals surface area (Å²) >= 11 is 0. The molecule has 1 saturated carbocycles. The number of aliphatic hydroxyl groups is 4. The zero-order valence-electron chi connectivity index (χ0n) is 18.4. The Kier molecular flexibility index (Phi) is 5.58. The number of amides is 1. The van der Waals surface area contributed by atoms with Gasteiger partial charge in [-0.2, -0.15) is 0 Å². The van der Waals surface area contributed by atoms with E-state index in [9.17, 15) is 34.8 Å². The zero-order chi connectivity index (χ0) is 24.2. The Balaban J connectivity index is 1.93. The van der Waals surface area contributed by atoms with E-state index < -0.39 is 70.4 Å². The lowest BCUT2D eigenvalue weighted by atomic mass is 9.55. The number of carbonyl (C=O) groups excluding carboxylic acids is 3. The predicted octanol–water partition coefficient (Wildman–Crippen LogP) is 1.43. The molecule has 9 heteroatoms. The highest BCUT2D eigenvalue weighted by Crippen LogP contribution is 2.55. The summed E-state index contributed by atoms with van der Waals surface area (Å²) in [6.07, 6.45) is -0.360. The maximum Gasteiger partial charge on any atom is 0.255 e. The van der Waals surface area contributed by atoms with Crippen LogP contribution in [0.15, 0.2) is 35.1 Å². The lowest BCUT2D eigenvalue weighted by molar-refractivity contribution is -0.160. The van der Waals surface area contributed by atoms with Gasteiger partial charge in [-0.25, -0.2) is 0 Å². The van der Waals surface area contributed by atoms with Gasteiger partial charge in [0.05, 0.1) is 18.3 Å². The van der Waals surface area contributed by atoms with Crippen LogP contribution in [0.3, 0.4) is 0 Å². The first-order chi connectivity index (χ1) is 15.6. The van der Waals surface area contributed by atoms with Crippen LogP contribution in [0.2, 0.25) is 0 Å². The van der Waals surface area contributed by atoms with E-state index in [1.54, 1.807) is 25.1 Å². The van der Waals surface area contributed by atoms with Gasteiger partial charge in [0.2, 0.25) is 5.78 Å². The first kappa shape index (κ1) is 23.0. The SMILES string of the molecule is CCCCOc1cccc2c1C(O)=C1C(=O)C3(O)C(O)=C(C(N)=O)C(=O)CC3C(O)C1C2C. The summed E-state index contributed by atoms with van der Waals surface area (Å²) in [5.41, 5.74) is 2.19. The molecule has 0 aliphatic heterocycles. The fourth-order valence-corrected chi connectivity index (χ4v) is 5.39. The van der Waals surface area contributed by atoms with Crippen molar-refractivity contribution in [2.24, 2.45) is 17.6 Å². The Morgan fingerprint density at radius 3 is 2.61 bits per heavy atom. The summed E-state index contributed by atoms with van der Waals surface area (Å²) in [5, 5.41) is 44.4. The van der Waals surface area contributed by atoms with Crippen molar-refractivity contribution in [3.63, 3.8) is 0 Å². The molecule has 5 unspecified atom stereocenters. The molecule has 176 valence electrons. The second kappa shape index (κ2) is 8.00. The van der Waals surface area contributed by atoms with Crippen LogP contribution in [-0.4, -0.2) is 56.2 Å². The van der Waals surface area contributed by atoms with E-state index in [0.29, 0.717) is 17.9 Å². The summed E-state index contributed by atoms with van der Waals surface area (Å²) in [6, 6.07) is 5.16. The van der Waals surface area contributed by atoms with Crippen molar-refractivity contribution in [3.8, 4) is 5.75 Å². The number of unbranched alkanes of at least 4 members (excludes halogenated alkanes) is 1. The Hall–Kier alpha value is -3.17. The van der Waals surface area contributed by atoms with Gasteiger partial charge >= 0.3 is 0 Å². The van der Waals surface area contributed by atoms with Crippen molar-refractivity contribution in [1.29, 1.82) is 0 Å². The Morgan fingerprint density at radius 1 is 1.27 bits per heavy atom. The molecule has 0 heterocycles. The normalized spacial score (nSPS) is 31.2. The molecule has 0 saturated heterocycles. The number of carbonyl (C=O) groups is 3. The minimum Gasteiger partial charge on any atom is -0.508 e. The van der Waals surface area contributed by atoms with Gasteiger partial charge in [0, 0.05) is 23.8 Å². The first-order valence-electron chi connectivity index (χ1n) is 11.0. The average Bonchev–Trinajstić information content (AvgIpc) is 2.76. The van der Waals surface area contributed by atoms with Crippen LogP contribution in [0, 0.1) is 11.8 Å². The monoisotopic (exact) mass is 457 g/mol. The number of fused-ring (bicyclic) bond motifs is 3. The van der Waals surface area contributed by atoms with E-state index in [0.717, 1.165) is 12.8 Å². The van der Waals surface area contributed by atoms with Crippen molar-refractivity contribution >= 4 is 23.2 Å². The van der Waals surface area contributed by atoms with Crippen molar-refractivity contribution in [2.75, 3.05) is 6.61 Å². The Labute approximate surface area is 190 Å². The number of primary amides is 1. The van der Waals surface area contributed by atoms with Crippen molar-refractivity contribution in [1.82, 2.24) is 0 Å². The fourth-order valence-electron chi connectivity index (χ4n) is 5.39. The molecule has 1 fully saturated rings. The summed E-state index contributed by atoms with van der Waals surface area (Å²) in [5.74, 6) is -7.38. The minimum atomic E-state index is -2.77. The number of benzene rings is 1. The second-order valence-corrected chi connectivity index (χ2v) is 8.91. The number of ketones is 2. The fraction of sp³-hybridized carbons (Fsp3) is 0.458. The number of ether oxygens (including phenoxy) is 1. The Morgan fingerprint density at radius 2 is 1.97 bits per heavy atom. The topological polar surface area (TPSA) is 167 Å². The standard InChI is InChI=1S/C24H27NO8/c1-3-4-8-33-14-7-5-6-11-10(2)15-18(20(28)16(11)14)22(30)24(32)12(19(15)27)9-13(26)17(21(24)29)23(25)31/h5-7,10,12,15,19,27-29,32H,3-4,8-9H2,1-2H3,(H2,25,31). The number of rotatable bonds is 5. The number of aliphatic hydroxyl groups excluding tert-OH is 3. The molecule has 0 radical (unpaired) electrons. The summed E-state index contributed by atoms with van der Waals surface area (Å²) in [7, 11) is 0. The molecule has 1 aromatic carbocycles. The number of hydrogen-bond donors (Lipinski definition) is 5. The third kappa shape index (κ3) is 3.10. The molecule has 3 aliphatic carbocycles. The molecule has 1 amide bonds. The second-order valence-electron chi connectivity index (χ2n) is 8.91. The van der Waals surface area contributed by atoms with Crippen LogP contribution in [0.25, 0.3) is 5.76 Å². The predicted molar refractivity (Wildman–Crippen MR) is 116 cm³/mol. The van der Waals surface area contributed by atoms with Gasteiger partial charge in [-0.15, -0.1) is 0 Å². The first-order valence-corrected chi connectivity index (χ1v) is 11.0. The lowest BCUT2D eigenvalue weighted by Crippen LogP contribution is -2.63. The van der Waals surface area contributed by atoms with Crippen molar-refractivity contribution < 1.29 is 39.5 Å². The van der Waals surface area contributed by atoms with Gasteiger partial charge in [0.25, 0.3) is 5.91 Å². The van der Waals surface area contributed by atoms with Gasteiger partial charge in [0.1, 0.15) is 22.8 Å². The summed E-state index contributed by atoms with van der Waals surface area (Å²) in [6.45, 7) is 4.16. The van der Waals surface area contributed by atoms with Crippen LogP contribution in [0.1, 0.15) is 50.2 Å². The average molecular weight is 457 g/mol. The molecule has 1 aromatic rings. The molecule has 33 heavy (non-hydrogen) atoms. The molecule has 5 atom stereocenters. The van der Waals surface area contributed by atoms with E-state index in [1.165, 1.54) is 0 Å². The maximum absolute atomic E-state index is 13.6. The van der Waals surface area contributed by atoms with Crippen molar-refractivity contribution in [2.45, 2.75) is 50.7 Å². The van der Waals surface area contributed by atoms with Gasteiger partial charge in [0.15, 0.2) is 11.4 Å². The molecular weight excluding hydrogens is 430 g/mol. The van der Waals surface area contributed by atoms with Crippen LogP contribution in [0.5, 0.6) is 5.75 Å². The lowest BCUT2D eigenvalue weighted by Gasteiger charge is -2.50. The van der Waals surface area contributed by atoms with Gasteiger partial charge in [-0.3, -0.25) is 14.4 Å². The van der Waals surface area contributed by atoms with Crippen LogP contribution in [-0.2, 0) is 14.4 Å². The molecule has 4 rings (SSSR count). The van der Waals surface area contributed by atoms with Gasteiger partial charge < -0.3 is 30.9 Å². The van der Waals surface area contributed by atoms with E-state index in [-0.39, 0.29) is 11.1 Å². The number of Topliss-reactive ketones (excluding diaryl/α,β-unsaturated/α-hetero) is 2. The highest BCUT2D eigenvalue weighted by atomic mass is 16.5. The van der Waals surface area contributed by atoms with E-state index in [4.69, 9.17) is 10.5 Å². The highest BCUT2D eigenvalue weighted by molar-refractivity contribution is 6.22. The molecule has 0 bridgehead atoms. The molecule has 3 aliphatic rings. The smallest absolute Gasteiger partial charge is 0.255 e. The van der Waals surface area contributed by atoms with Crippen molar-refractivity contribution in [3.05, 3.63) is 46.2 Å². The summed E-state index contributed by atoms with van der Waals surface area (Å²) < 4.78 is 5.83. The van der Waals surface area contributed by atoms with Crippen LogP contribution >= 0.6 is 0 Å². The largest absolute Gasteiger partial charge is 0.508 e. The molecule has 6 N–H and O–H groups in total. The number of hydrogen-bond acceptors (Lipinski definition) is 8. The quantitative estimate of drug-likeness (QED) is 0.327. The summed E-state index contributed by atoms with van der Waals surface area (Å²) in [4.78, 5) is 37.8. The van der Waals surface area contributed by atoms with Crippen LogP contribution < -0.4 is 10.5 Å². The van der Waals surface area contributed by atoms with E-state index >= 15 is 0 Å². The third-order valence-corrected chi connectivity index (χ3v) is 7.10. The van der Waals surface area contributed by atoms with Gasteiger partial charge in [-0.1, -0.05) is 32.4 Å². The van der Waals surface area contributed by atoms with Gasteiger partial charge in [-0.05, 0) is 24.0 Å².